The third-order valence-electron chi connectivity index (χ3n) is 3.05. The van der Waals surface area contributed by atoms with Crippen molar-refractivity contribution in [3.63, 3.8) is 0 Å². The molecule has 0 N–H and O–H groups in total. The minimum absolute atomic E-state index is 0.00318. The van der Waals surface area contributed by atoms with Crippen molar-refractivity contribution < 1.29 is 28.6 Å². The fraction of sp³-hybridized carbons (Fsp3) is 0.824. The van der Waals surface area contributed by atoms with Gasteiger partial charge in [-0.3, -0.25) is 9.59 Å². The molecule has 0 spiro atoms. The summed E-state index contributed by atoms with van der Waals surface area (Å²) in [6.45, 7) is 3.68. The quantitative estimate of drug-likeness (QED) is 0.283. The van der Waals surface area contributed by atoms with Gasteiger partial charge in [0, 0.05) is 26.1 Å². The van der Waals surface area contributed by atoms with E-state index >= 15 is 0 Å². The van der Waals surface area contributed by atoms with E-state index in [1.807, 2.05) is 0 Å². The zero-order chi connectivity index (χ0) is 17.2. The third kappa shape index (κ3) is 18.8. The van der Waals surface area contributed by atoms with E-state index in [0.717, 1.165) is 32.0 Å². The number of hydrogen-bond donors (Lipinski definition) is 0. The summed E-state index contributed by atoms with van der Waals surface area (Å²) in [5.41, 5.74) is 0. The van der Waals surface area contributed by atoms with Crippen LogP contribution in [0.5, 0.6) is 0 Å². The SMILES string of the molecule is CC(=O)COCCOCCCC(=O)COCCCCCCC=O. The summed E-state index contributed by atoms with van der Waals surface area (Å²) in [4.78, 5) is 32.3. The highest BCUT2D eigenvalue weighted by Crippen LogP contribution is 2.02. The molecule has 0 aliphatic carbocycles. The number of hydrogen-bond acceptors (Lipinski definition) is 6. The van der Waals surface area contributed by atoms with Gasteiger partial charge in [0.05, 0.1) is 13.2 Å². The highest BCUT2D eigenvalue weighted by atomic mass is 16.5. The summed E-state index contributed by atoms with van der Waals surface area (Å²) in [5.74, 6) is 0.0824. The Morgan fingerprint density at radius 1 is 0.783 bits per heavy atom. The predicted octanol–water partition coefficient (Wildman–Crippen LogP) is 2.12. The Bertz CT molecular complexity index is 316. The Morgan fingerprint density at radius 3 is 2.17 bits per heavy atom. The second-order valence-corrected chi connectivity index (χ2v) is 5.43. The molecule has 0 bridgehead atoms. The van der Waals surface area contributed by atoms with E-state index in [-0.39, 0.29) is 24.8 Å². The van der Waals surface area contributed by atoms with E-state index in [2.05, 4.69) is 0 Å². The zero-order valence-corrected chi connectivity index (χ0v) is 14.2. The molecular formula is C17H30O6. The number of carbonyl (C=O) groups excluding carboxylic acids is 3. The second-order valence-electron chi connectivity index (χ2n) is 5.43. The van der Waals surface area contributed by atoms with E-state index < -0.39 is 0 Å². The second kappa shape index (κ2) is 17.2. The number of Topliss-reactive ketones (excluding diaryl/α,β-unsaturated/α-hetero) is 2. The van der Waals surface area contributed by atoms with Crippen LogP contribution in [0.15, 0.2) is 0 Å². The minimum Gasteiger partial charge on any atom is -0.379 e. The minimum atomic E-state index is -0.00318. The Labute approximate surface area is 138 Å². The molecule has 0 aliphatic rings. The summed E-state index contributed by atoms with van der Waals surface area (Å²) in [7, 11) is 0. The molecule has 0 aromatic carbocycles. The van der Waals surface area contributed by atoms with Gasteiger partial charge in [-0.2, -0.15) is 0 Å². The van der Waals surface area contributed by atoms with Crippen molar-refractivity contribution in [2.24, 2.45) is 0 Å². The molecule has 0 saturated carbocycles. The molecule has 0 rings (SSSR count). The summed E-state index contributed by atoms with van der Waals surface area (Å²) in [6, 6.07) is 0. The molecule has 0 unspecified atom stereocenters. The maximum Gasteiger partial charge on any atom is 0.158 e. The first kappa shape index (κ1) is 21.9. The molecule has 23 heavy (non-hydrogen) atoms. The summed E-state index contributed by atoms with van der Waals surface area (Å²) in [6.07, 6.45) is 6.61. The van der Waals surface area contributed by atoms with Crippen LogP contribution in [0, 0.1) is 0 Å². The van der Waals surface area contributed by atoms with Crippen LogP contribution in [0.4, 0.5) is 0 Å². The predicted molar refractivity (Wildman–Crippen MR) is 86.5 cm³/mol. The fourth-order valence-electron chi connectivity index (χ4n) is 1.85. The van der Waals surface area contributed by atoms with Crippen LogP contribution in [0.1, 0.15) is 51.9 Å². The third-order valence-corrected chi connectivity index (χ3v) is 3.05. The standard InChI is InChI=1S/C17H30O6/c1-16(19)14-23-13-12-21-11-7-8-17(20)15-22-10-6-4-2-3-5-9-18/h9H,2-8,10-15H2,1H3. The van der Waals surface area contributed by atoms with Crippen LogP contribution < -0.4 is 0 Å². The molecular weight excluding hydrogens is 300 g/mol. The first-order valence-corrected chi connectivity index (χ1v) is 8.34. The average Bonchev–Trinajstić information content (AvgIpc) is 2.52. The number of aldehydes is 1. The van der Waals surface area contributed by atoms with Crippen LogP contribution in [0.3, 0.4) is 0 Å². The lowest BCUT2D eigenvalue weighted by Crippen LogP contribution is -2.12. The topological polar surface area (TPSA) is 78.9 Å². The number of ether oxygens (including phenoxy) is 3. The zero-order valence-electron chi connectivity index (χ0n) is 14.2. The van der Waals surface area contributed by atoms with Crippen LogP contribution >= 0.6 is 0 Å². The smallest absolute Gasteiger partial charge is 0.158 e. The van der Waals surface area contributed by atoms with Crippen LogP contribution in [0.2, 0.25) is 0 Å². The van der Waals surface area contributed by atoms with Crippen molar-refractivity contribution in [2.45, 2.75) is 51.9 Å². The Kier molecular flexibility index (Phi) is 16.4. The summed E-state index contributed by atoms with van der Waals surface area (Å²) in [5, 5.41) is 0. The maximum atomic E-state index is 11.5. The lowest BCUT2D eigenvalue weighted by molar-refractivity contribution is -0.124. The number of ketones is 2. The molecule has 134 valence electrons. The Balaban J connectivity index is 3.19. The van der Waals surface area contributed by atoms with Crippen LogP contribution in [-0.2, 0) is 28.6 Å². The number of carbonyl (C=O) groups is 3. The first-order valence-electron chi connectivity index (χ1n) is 8.34. The van der Waals surface area contributed by atoms with Gasteiger partial charge in [-0.1, -0.05) is 12.8 Å². The molecule has 0 radical (unpaired) electrons. The molecule has 0 atom stereocenters. The normalized spacial score (nSPS) is 10.7. The van der Waals surface area contributed by atoms with Gasteiger partial charge in [-0.25, -0.2) is 0 Å². The van der Waals surface area contributed by atoms with Crippen molar-refractivity contribution in [3.05, 3.63) is 0 Å². The average molecular weight is 330 g/mol. The van der Waals surface area contributed by atoms with Gasteiger partial charge in [0.1, 0.15) is 19.5 Å². The molecule has 0 amide bonds. The highest BCUT2D eigenvalue weighted by molar-refractivity contribution is 5.79. The lowest BCUT2D eigenvalue weighted by atomic mass is 10.2. The van der Waals surface area contributed by atoms with Gasteiger partial charge < -0.3 is 19.0 Å². The van der Waals surface area contributed by atoms with Gasteiger partial charge in [-0.15, -0.1) is 0 Å². The highest BCUT2D eigenvalue weighted by Gasteiger charge is 2.02. The molecule has 6 nitrogen and oxygen atoms in total. The maximum absolute atomic E-state index is 11.5. The number of unbranched alkanes of at least 4 members (excludes halogenated alkanes) is 4. The van der Waals surface area contributed by atoms with Gasteiger partial charge in [0.2, 0.25) is 0 Å². The van der Waals surface area contributed by atoms with Crippen LogP contribution in [0.25, 0.3) is 0 Å². The van der Waals surface area contributed by atoms with Crippen LogP contribution in [-0.4, -0.2) is 57.5 Å². The summed E-state index contributed by atoms with van der Waals surface area (Å²) < 4.78 is 15.7. The Morgan fingerprint density at radius 2 is 1.43 bits per heavy atom. The van der Waals surface area contributed by atoms with E-state index in [4.69, 9.17) is 14.2 Å². The monoisotopic (exact) mass is 330 g/mol. The van der Waals surface area contributed by atoms with E-state index in [1.165, 1.54) is 6.92 Å². The molecule has 0 aliphatic heterocycles. The van der Waals surface area contributed by atoms with Gasteiger partial charge in [0.25, 0.3) is 0 Å². The summed E-state index contributed by atoms with van der Waals surface area (Å²) >= 11 is 0. The number of rotatable bonds is 18. The van der Waals surface area contributed by atoms with Crippen molar-refractivity contribution in [2.75, 3.05) is 39.6 Å². The lowest BCUT2D eigenvalue weighted by Gasteiger charge is -2.05. The molecule has 0 aromatic rings. The molecule has 6 heteroatoms. The molecule has 0 fully saturated rings. The van der Waals surface area contributed by atoms with Gasteiger partial charge in [0.15, 0.2) is 11.6 Å². The molecule has 0 aromatic heterocycles. The fourth-order valence-corrected chi connectivity index (χ4v) is 1.85. The van der Waals surface area contributed by atoms with Crippen molar-refractivity contribution in [1.82, 2.24) is 0 Å². The van der Waals surface area contributed by atoms with Crippen molar-refractivity contribution >= 4 is 17.9 Å². The largest absolute Gasteiger partial charge is 0.379 e. The first-order chi connectivity index (χ1) is 11.2. The van der Waals surface area contributed by atoms with E-state index in [9.17, 15) is 14.4 Å². The van der Waals surface area contributed by atoms with Crippen molar-refractivity contribution in [3.8, 4) is 0 Å². The Hall–Kier alpha value is -1.11. The van der Waals surface area contributed by atoms with Crippen molar-refractivity contribution in [1.29, 1.82) is 0 Å². The van der Waals surface area contributed by atoms with E-state index in [0.29, 0.717) is 45.7 Å². The van der Waals surface area contributed by atoms with Gasteiger partial charge in [-0.05, 0) is 26.2 Å². The molecule has 0 saturated heterocycles. The molecule has 0 heterocycles. The van der Waals surface area contributed by atoms with E-state index in [1.54, 1.807) is 0 Å². The van der Waals surface area contributed by atoms with Gasteiger partial charge >= 0.3 is 0 Å².